The van der Waals surface area contributed by atoms with Crippen LogP contribution in [0.4, 0.5) is 4.79 Å². The summed E-state index contributed by atoms with van der Waals surface area (Å²) in [6.07, 6.45) is 2.12. The lowest BCUT2D eigenvalue weighted by Gasteiger charge is -2.31. The number of aliphatic hydroxyl groups excluding tert-OH is 1. The van der Waals surface area contributed by atoms with Crippen molar-refractivity contribution >= 4 is 6.03 Å². The highest BCUT2D eigenvalue weighted by molar-refractivity contribution is 5.72. The van der Waals surface area contributed by atoms with E-state index in [-0.39, 0.29) is 6.03 Å². The minimum Gasteiger partial charge on any atom is -0.391 e. The highest BCUT2D eigenvalue weighted by atomic mass is 16.5. The number of piperidine rings is 1. The largest absolute Gasteiger partial charge is 0.391 e. The van der Waals surface area contributed by atoms with Crippen LogP contribution in [0.1, 0.15) is 19.3 Å². The molecular formula is C11H23N3O3. The Labute approximate surface area is 102 Å². The van der Waals surface area contributed by atoms with Gasteiger partial charge in [-0.15, -0.1) is 0 Å². The molecule has 17 heavy (non-hydrogen) atoms. The number of aliphatic hydroxyl groups is 1. The predicted octanol–water partition coefficient (Wildman–Crippen LogP) is -0.483. The number of amides is 2. The number of nitrogens with one attached hydrogen (secondary N) is 1. The van der Waals surface area contributed by atoms with Gasteiger partial charge in [-0.3, -0.25) is 0 Å². The summed E-state index contributed by atoms with van der Waals surface area (Å²) < 4.78 is 4.85. The molecule has 1 aliphatic heterocycles. The average molecular weight is 245 g/mol. The van der Waals surface area contributed by atoms with Crippen molar-refractivity contribution in [2.45, 2.75) is 31.4 Å². The van der Waals surface area contributed by atoms with Crippen LogP contribution in [-0.4, -0.2) is 61.5 Å². The van der Waals surface area contributed by atoms with E-state index in [9.17, 15) is 9.90 Å². The number of rotatable bonds is 6. The lowest BCUT2D eigenvalue weighted by molar-refractivity contribution is 0.0585. The Bertz CT molecular complexity index is 230. The fourth-order valence-corrected chi connectivity index (χ4v) is 2.03. The van der Waals surface area contributed by atoms with E-state index >= 15 is 0 Å². The van der Waals surface area contributed by atoms with Gasteiger partial charge in [0.05, 0.1) is 12.7 Å². The minimum absolute atomic E-state index is 0.334. The third kappa shape index (κ3) is 5.34. The molecule has 0 aromatic rings. The minimum atomic E-state index is -0.404. The van der Waals surface area contributed by atoms with E-state index in [4.69, 9.17) is 10.5 Å². The number of ether oxygens (including phenoxy) is 1. The SMILES string of the molecule is COCC(O)CCNC1CCN(C(N)=O)CC1. The zero-order valence-corrected chi connectivity index (χ0v) is 10.4. The molecule has 0 aliphatic carbocycles. The number of carbonyl (C=O) groups is 1. The molecule has 0 radical (unpaired) electrons. The van der Waals surface area contributed by atoms with E-state index in [0.717, 1.165) is 19.4 Å². The van der Waals surface area contributed by atoms with Crippen molar-refractivity contribution < 1.29 is 14.6 Å². The first-order valence-electron chi connectivity index (χ1n) is 6.08. The molecule has 6 heteroatoms. The molecule has 1 heterocycles. The summed E-state index contributed by atoms with van der Waals surface area (Å²) in [5, 5.41) is 12.8. The van der Waals surface area contributed by atoms with Crippen molar-refractivity contribution in [2.75, 3.05) is 33.4 Å². The highest BCUT2D eigenvalue weighted by Gasteiger charge is 2.20. The maximum absolute atomic E-state index is 10.9. The smallest absolute Gasteiger partial charge is 0.314 e. The van der Waals surface area contributed by atoms with E-state index in [1.54, 1.807) is 12.0 Å². The van der Waals surface area contributed by atoms with Crippen LogP contribution in [0.25, 0.3) is 0 Å². The normalized spacial score (nSPS) is 19.3. The molecule has 4 N–H and O–H groups in total. The summed E-state index contributed by atoms with van der Waals surface area (Å²) >= 11 is 0. The van der Waals surface area contributed by atoms with Gasteiger partial charge in [0.15, 0.2) is 0 Å². The van der Waals surface area contributed by atoms with Gasteiger partial charge < -0.3 is 25.8 Å². The summed E-state index contributed by atoms with van der Waals surface area (Å²) in [6.45, 7) is 2.58. The van der Waals surface area contributed by atoms with Crippen LogP contribution in [0.15, 0.2) is 0 Å². The number of likely N-dealkylation sites (tertiary alicyclic amines) is 1. The Balaban J connectivity index is 2.08. The molecule has 1 fully saturated rings. The number of nitrogens with two attached hydrogens (primary N) is 1. The summed E-state index contributed by atoms with van der Waals surface area (Å²) in [5.41, 5.74) is 5.21. The van der Waals surface area contributed by atoms with Crippen LogP contribution >= 0.6 is 0 Å². The Morgan fingerprint density at radius 2 is 2.24 bits per heavy atom. The third-order valence-corrected chi connectivity index (χ3v) is 3.08. The van der Waals surface area contributed by atoms with Gasteiger partial charge in [0.2, 0.25) is 0 Å². The number of hydrogen-bond acceptors (Lipinski definition) is 4. The standard InChI is InChI=1S/C11H23N3O3/c1-17-8-10(15)2-5-13-9-3-6-14(7-4-9)11(12)16/h9-10,13,15H,2-8H2,1H3,(H2,12,16). The van der Waals surface area contributed by atoms with Gasteiger partial charge >= 0.3 is 6.03 Å². The second kappa shape index (κ2) is 7.47. The second-order valence-corrected chi connectivity index (χ2v) is 4.45. The second-order valence-electron chi connectivity index (χ2n) is 4.45. The fraction of sp³-hybridized carbons (Fsp3) is 0.909. The molecule has 1 saturated heterocycles. The molecule has 0 saturated carbocycles. The summed E-state index contributed by atoms with van der Waals surface area (Å²) in [5.74, 6) is 0. The first kappa shape index (κ1) is 14.2. The van der Waals surface area contributed by atoms with Gasteiger partial charge in [-0.1, -0.05) is 0 Å². The van der Waals surface area contributed by atoms with Gasteiger partial charge in [-0.2, -0.15) is 0 Å². The van der Waals surface area contributed by atoms with Crippen molar-refractivity contribution in [3.63, 3.8) is 0 Å². The summed E-state index contributed by atoms with van der Waals surface area (Å²) in [6, 6.07) is 0.0827. The predicted molar refractivity (Wildman–Crippen MR) is 64.7 cm³/mol. The van der Waals surface area contributed by atoms with Gasteiger partial charge in [-0.05, 0) is 25.8 Å². The van der Waals surface area contributed by atoms with Gasteiger partial charge in [-0.25, -0.2) is 4.79 Å². The Kier molecular flexibility index (Phi) is 6.25. The molecule has 100 valence electrons. The van der Waals surface area contributed by atoms with Crippen LogP contribution < -0.4 is 11.1 Å². The highest BCUT2D eigenvalue weighted by Crippen LogP contribution is 2.09. The molecule has 0 aromatic carbocycles. The zero-order chi connectivity index (χ0) is 12.7. The van der Waals surface area contributed by atoms with Crippen LogP contribution in [0.2, 0.25) is 0 Å². The topological polar surface area (TPSA) is 87.8 Å². The van der Waals surface area contributed by atoms with E-state index in [0.29, 0.717) is 32.2 Å². The molecule has 1 rings (SSSR count). The molecule has 0 aromatic heterocycles. The van der Waals surface area contributed by atoms with Gasteiger partial charge in [0.1, 0.15) is 0 Å². The fourth-order valence-electron chi connectivity index (χ4n) is 2.03. The van der Waals surface area contributed by atoms with Crippen molar-refractivity contribution in [2.24, 2.45) is 5.73 Å². The van der Waals surface area contributed by atoms with Crippen LogP contribution in [0, 0.1) is 0 Å². The summed E-state index contributed by atoms with van der Waals surface area (Å²) in [7, 11) is 1.58. The van der Waals surface area contributed by atoms with Gasteiger partial charge in [0, 0.05) is 26.2 Å². The van der Waals surface area contributed by atoms with Crippen molar-refractivity contribution in [1.29, 1.82) is 0 Å². The number of carbonyl (C=O) groups excluding carboxylic acids is 1. The van der Waals surface area contributed by atoms with Crippen molar-refractivity contribution in [1.82, 2.24) is 10.2 Å². The Morgan fingerprint density at radius 1 is 1.59 bits per heavy atom. The number of primary amides is 1. The van der Waals surface area contributed by atoms with E-state index < -0.39 is 6.10 Å². The molecule has 2 amide bonds. The number of hydrogen-bond donors (Lipinski definition) is 3. The molecule has 1 atom stereocenters. The third-order valence-electron chi connectivity index (χ3n) is 3.08. The number of urea groups is 1. The summed E-state index contributed by atoms with van der Waals surface area (Å²) in [4.78, 5) is 12.6. The molecule has 6 nitrogen and oxygen atoms in total. The molecule has 1 aliphatic rings. The maximum atomic E-state index is 10.9. The van der Waals surface area contributed by atoms with Gasteiger partial charge in [0.25, 0.3) is 0 Å². The molecule has 0 bridgehead atoms. The van der Waals surface area contributed by atoms with Crippen molar-refractivity contribution in [3.8, 4) is 0 Å². The molecule has 0 spiro atoms. The lowest BCUT2D eigenvalue weighted by atomic mass is 10.1. The first-order valence-corrected chi connectivity index (χ1v) is 6.08. The zero-order valence-electron chi connectivity index (χ0n) is 10.4. The van der Waals surface area contributed by atoms with E-state index in [1.807, 2.05) is 0 Å². The van der Waals surface area contributed by atoms with E-state index in [1.165, 1.54) is 0 Å². The quantitative estimate of drug-likeness (QED) is 0.589. The van der Waals surface area contributed by atoms with Crippen LogP contribution in [0.5, 0.6) is 0 Å². The van der Waals surface area contributed by atoms with Crippen molar-refractivity contribution in [3.05, 3.63) is 0 Å². The van der Waals surface area contributed by atoms with E-state index in [2.05, 4.69) is 5.32 Å². The Morgan fingerprint density at radius 3 is 2.76 bits per heavy atom. The van der Waals surface area contributed by atoms with Crippen LogP contribution in [-0.2, 0) is 4.74 Å². The molecular weight excluding hydrogens is 222 g/mol. The lowest BCUT2D eigenvalue weighted by Crippen LogP contribution is -2.47. The van der Waals surface area contributed by atoms with Crippen LogP contribution in [0.3, 0.4) is 0 Å². The monoisotopic (exact) mass is 245 g/mol. The maximum Gasteiger partial charge on any atom is 0.314 e. The number of nitrogens with zero attached hydrogens (tertiary/aromatic N) is 1. The Hall–Kier alpha value is -0.850. The molecule has 1 unspecified atom stereocenters. The average Bonchev–Trinajstić information content (AvgIpc) is 2.30. The number of methoxy groups -OCH3 is 1. The first-order chi connectivity index (χ1) is 8.13.